The normalized spacial score (nSPS) is 10.8. The highest BCUT2D eigenvalue weighted by Crippen LogP contribution is 2.32. The molecule has 4 aromatic rings. The third-order valence-electron chi connectivity index (χ3n) is 4.45. The van der Waals surface area contributed by atoms with Crippen molar-refractivity contribution in [2.45, 2.75) is 0 Å². The number of anilines is 1. The van der Waals surface area contributed by atoms with Crippen LogP contribution in [0.4, 0.5) is 5.69 Å². The molecule has 1 aromatic heterocycles. The van der Waals surface area contributed by atoms with Crippen molar-refractivity contribution < 1.29 is 18.7 Å². The van der Waals surface area contributed by atoms with Gasteiger partial charge in [-0.15, -0.1) is 0 Å². The highest BCUT2D eigenvalue weighted by molar-refractivity contribution is 9.10. The first kappa shape index (κ1) is 20.4. The number of fused-ring (bicyclic) bond motifs is 1. The summed E-state index contributed by atoms with van der Waals surface area (Å²) in [6.45, 7) is 0. The maximum Gasteiger partial charge on any atom is 0.259 e. The van der Waals surface area contributed by atoms with Gasteiger partial charge in [-0.3, -0.25) is 4.79 Å². The molecule has 0 unspecified atom stereocenters. The smallest absolute Gasteiger partial charge is 0.259 e. The summed E-state index contributed by atoms with van der Waals surface area (Å²) in [7, 11) is 3.14. The van der Waals surface area contributed by atoms with Crippen molar-refractivity contribution >= 4 is 54.6 Å². The first-order chi connectivity index (χ1) is 14.5. The van der Waals surface area contributed by atoms with Crippen molar-refractivity contribution in [1.82, 2.24) is 4.98 Å². The molecule has 0 fully saturated rings. The quantitative estimate of drug-likeness (QED) is 0.327. The number of nitrogens with zero attached hydrogens (tertiary/aromatic N) is 1. The molecule has 0 bridgehead atoms. The Kier molecular flexibility index (Phi) is 5.78. The molecule has 1 N–H and O–H groups in total. The van der Waals surface area contributed by atoms with Gasteiger partial charge in [-0.25, -0.2) is 4.98 Å². The summed E-state index contributed by atoms with van der Waals surface area (Å²) in [6, 6.07) is 16.2. The number of rotatable bonds is 5. The van der Waals surface area contributed by atoms with Crippen molar-refractivity contribution in [2.75, 3.05) is 19.5 Å². The Hall–Kier alpha value is -2.84. The van der Waals surface area contributed by atoms with Crippen LogP contribution >= 0.6 is 31.9 Å². The zero-order chi connectivity index (χ0) is 21.3. The Labute approximate surface area is 189 Å². The first-order valence-electron chi connectivity index (χ1n) is 8.88. The van der Waals surface area contributed by atoms with E-state index in [1.165, 1.54) is 7.11 Å². The maximum absolute atomic E-state index is 12.7. The molecule has 30 heavy (non-hydrogen) atoms. The molecule has 1 heterocycles. The maximum atomic E-state index is 12.7. The molecular weight excluding hydrogens is 516 g/mol. The number of carbonyl (C=O) groups excluding carboxylic acids is 1. The highest BCUT2D eigenvalue weighted by Gasteiger charge is 2.15. The van der Waals surface area contributed by atoms with E-state index in [0.717, 1.165) is 20.3 Å². The van der Waals surface area contributed by atoms with Crippen LogP contribution in [0.2, 0.25) is 0 Å². The zero-order valence-electron chi connectivity index (χ0n) is 16.0. The summed E-state index contributed by atoms with van der Waals surface area (Å²) in [5.74, 6) is 1.41. The van der Waals surface area contributed by atoms with Crippen LogP contribution in [0, 0.1) is 0 Å². The van der Waals surface area contributed by atoms with Gasteiger partial charge in [0.05, 0.1) is 24.3 Å². The second-order valence-corrected chi connectivity index (χ2v) is 8.12. The van der Waals surface area contributed by atoms with Crippen LogP contribution in [0.3, 0.4) is 0 Å². The van der Waals surface area contributed by atoms with Crippen molar-refractivity contribution in [2.24, 2.45) is 0 Å². The highest BCUT2D eigenvalue weighted by atomic mass is 79.9. The minimum absolute atomic E-state index is 0.282. The molecule has 0 saturated heterocycles. The van der Waals surface area contributed by atoms with Gasteiger partial charge in [-0.1, -0.05) is 15.9 Å². The molecule has 1 amide bonds. The summed E-state index contributed by atoms with van der Waals surface area (Å²) >= 11 is 6.85. The molecular formula is C22H16Br2N2O4. The van der Waals surface area contributed by atoms with Gasteiger partial charge in [0, 0.05) is 15.7 Å². The lowest BCUT2D eigenvalue weighted by atomic mass is 10.2. The number of aromatic nitrogens is 1. The minimum Gasteiger partial charge on any atom is -0.496 e. The summed E-state index contributed by atoms with van der Waals surface area (Å²) in [5.41, 5.74) is 3.09. The van der Waals surface area contributed by atoms with Gasteiger partial charge in [0.15, 0.2) is 5.58 Å². The first-order valence-corrected chi connectivity index (χ1v) is 10.5. The van der Waals surface area contributed by atoms with Crippen LogP contribution in [0.5, 0.6) is 11.5 Å². The lowest BCUT2D eigenvalue weighted by Crippen LogP contribution is -2.13. The van der Waals surface area contributed by atoms with E-state index >= 15 is 0 Å². The van der Waals surface area contributed by atoms with E-state index in [9.17, 15) is 4.79 Å². The Balaban J connectivity index is 1.62. The van der Waals surface area contributed by atoms with Crippen LogP contribution in [-0.4, -0.2) is 25.1 Å². The summed E-state index contributed by atoms with van der Waals surface area (Å²) < 4.78 is 18.0. The van der Waals surface area contributed by atoms with Crippen molar-refractivity contribution in [3.05, 3.63) is 69.1 Å². The Morgan fingerprint density at radius 2 is 1.73 bits per heavy atom. The summed E-state index contributed by atoms with van der Waals surface area (Å²) in [5, 5.41) is 2.88. The number of benzene rings is 3. The second-order valence-electron chi connectivity index (χ2n) is 6.35. The number of hydrogen-bond acceptors (Lipinski definition) is 5. The monoisotopic (exact) mass is 530 g/mol. The molecule has 0 aliphatic rings. The summed E-state index contributed by atoms with van der Waals surface area (Å²) in [4.78, 5) is 17.3. The van der Waals surface area contributed by atoms with Crippen LogP contribution in [0.1, 0.15) is 10.4 Å². The topological polar surface area (TPSA) is 73.6 Å². The molecule has 8 heteroatoms. The standard InChI is InChI=1S/C22H16Br2N2O4/c1-28-18-7-4-13(23)10-15(18)21(27)25-14-5-8-20-17(11-14)26-22(30-20)12-3-6-19(29-2)16(24)9-12/h3-11H,1-2H3,(H,25,27). The van der Waals surface area contributed by atoms with Crippen molar-refractivity contribution in [1.29, 1.82) is 0 Å². The molecule has 0 spiro atoms. The van der Waals surface area contributed by atoms with Crippen LogP contribution in [0.25, 0.3) is 22.6 Å². The van der Waals surface area contributed by atoms with E-state index in [4.69, 9.17) is 13.9 Å². The number of oxazole rings is 1. The number of hydrogen-bond donors (Lipinski definition) is 1. The fraction of sp³-hybridized carbons (Fsp3) is 0.0909. The SMILES string of the molecule is COc1ccc(-c2nc3cc(NC(=O)c4cc(Br)ccc4OC)ccc3o2)cc1Br. The molecule has 0 aliphatic carbocycles. The number of nitrogens with one attached hydrogen (secondary N) is 1. The predicted molar refractivity (Wildman–Crippen MR) is 122 cm³/mol. The predicted octanol–water partition coefficient (Wildman–Crippen LogP) is 6.29. The Morgan fingerprint density at radius 3 is 2.47 bits per heavy atom. The van der Waals surface area contributed by atoms with Crippen LogP contribution < -0.4 is 14.8 Å². The number of methoxy groups -OCH3 is 2. The fourth-order valence-corrected chi connectivity index (χ4v) is 3.89. The number of ether oxygens (including phenoxy) is 2. The Bertz CT molecular complexity index is 1250. The van der Waals surface area contributed by atoms with E-state index in [-0.39, 0.29) is 5.91 Å². The molecule has 3 aromatic carbocycles. The molecule has 0 aliphatic heterocycles. The van der Waals surface area contributed by atoms with E-state index < -0.39 is 0 Å². The molecule has 152 valence electrons. The van der Waals surface area contributed by atoms with Gasteiger partial charge in [0.1, 0.15) is 17.0 Å². The van der Waals surface area contributed by atoms with E-state index in [0.29, 0.717) is 34.0 Å². The molecule has 0 atom stereocenters. The largest absolute Gasteiger partial charge is 0.496 e. The van der Waals surface area contributed by atoms with Crippen LogP contribution in [-0.2, 0) is 0 Å². The molecule has 0 saturated carbocycles. The van der Waals surface area contributed by atoms with Gasteiger partial charge < -0.3 is 19.2 Å². The van der Waals surface area contributed by atoms with Gasteiger partial charge >= 0.3 is 0 Å². The fourth-order valence-electron chi connectivity index (χ4n) is 2.98. The lowest BCUT2D eigenvalue weighted by molar-refractivity contribution is 0.102. The average Bonchev–Trinajstić information content (AvgIpc) is 3.17. The number of carbonyl (C=O) groups is 1. The minimum atomic E-state index is -0.282. The lowest BCUT2D eigenvalue weighted by Gasteiger charge is -2.09. The molecule has 4 rings (SSSR count). The third kappa shape index (κ3) is 4.06. The molecule has 6 nitrogen and oxygen atoms in total. The Morgan fingerprint density at radius 1 is 0.967 bits per heavy atom. The van der Waals surface area contributed by atoms with Crippen molar-refractivity contribution in [3.63, 3.8) is 0 Å². The van der Waals surface area contributed by atoms with Gasteiger partial charge in [-0.05, 0) is 70.5 Å². The van der Waals surface area contributed by atoms with E-state index in [1.807, 2.05) is 24.3 Å². The zero-order valence-corrected chi connectivity index (χ0v) is 19.2. The van der Waals surface area contributed by atoms with E-state index in [2.05, 4.69) is 42.2 Å². The van der Waals surface area contributed by atoms with Crippen molar-refractivity contribution in [3.8, 4) is 23.0 Å². The molecule has 0 radical (unpaired) electrons. The number of halogens is 2. The van der Waals surface area contributed by atoms with Gasteiger partial charge in [0.25, 0.3) is 5.91 Å². The number of amides is 1. The second kappa shape index (κ2) is 8.49. The summed E-state index contributed by atoms with van der Waals surface area (Å²) in [6.07, 6.45) is 0. The average molecular weight is 532 g/mol. The van der Waals surface area contributed by atoms with E-state index in [1.54, 1.807) is 37.4 Å². The third-order valence-corrected chi connectivity index (χ3v) is 5.56. The van der Waals surface area contributed by atoms with Gasteiger partial charge in [-0.2, -0.15) is 0 Å². The van der Waals surface area contributed by atoms with Gasteiger partial charge in [0.2, 0.25) is 5.89 Å². The van der Waals surface area contributed by atoms with Crippen LogP contribution in [0.15, 0.2) is 68.0 Å².